The number of carbonyl (C=O) groups is 1. The highest BCUT2D eigenvalue weighted by Crippen LogP contribution is 2.36. The van der Waals surface area contributed by atoms with E-state index in [1.54, 1.807) is 17.8 Å². The highest BCUT2D eigenvalue weighted by atomic mass is 35.5. The lowest BCUT2D eigenvalue weighted by atomic mass is 10.1. The average Bonchev–Trinajstić information content (AvgIpc) is 2.80. The Labute approximate surface area is 161 Å². The minimum Gasteiger partial charge on any atom is -0.450 e. The van der Waals surface area contributed by atoms with Crippen molar-refractivity contribution in [3.05, 3.63) is 39.8 Å². The van der Waals surface area contributed by atoms with Gasteiger partial charge in [0.05, 0.1) is 12.3 Å². The van der Waals surface area contributed by atoms with Crippen LogP contribution in [-0.2, 0) is 18.2 Å². The first-order chi connectivity index (χ1) is 11.8. The molecule has 2 aromatic rings. The molecule has 0 fully saturated rings. The molecule has 136 valence electrons. The van der Waals surface area contributed by atoms with Gasteiger partial charge in [0, 0.05) is 28.4 Å². The number of benzene rings is 1. The Hall–Kier alpha value is -1.37. The van der Waals surface area contributed by atoms with E-state index in [1.807, 2.05) is 19.2 Å². The van der Waals surface area contributed by atoms with Gasteiger partial charge in [-0.3, -0.25) is 0 Å². The fraction of sp³-hybridized carbons (Fsp3) is 0.412. The molecule has 1 heterocycles. The van der Waals surface area contributed by atoms with Gasteiger partial charge in [0.1, 0.15) is 10.9 Å². The van der Waals surface area contributed by atoms with Crippen LogP contribution in [0.5, 0.6) is 0 Å². The molecule has 1 aromatic heterocycles. The molecule has 2 rings (SSSR count). The number of hydrogen-bond donors (Lipinski definition) is 1. The van der Waals surface area contributed by atoms with Gasteiger partial charge in [-0.1, -0.05) is 48.8 Å². The van der Waals surface area contributed by atoms with Gasteiger partial charge in [-0.25, -0.2) is 9.78 Å². The van der Waals surface area contributed by atoms with Crippen molar-refractivity contribution in [1.82, 2.24) is 9.55 Å². The SMILES string of the molecule is CC(C)c1nc(CCCOC(N)=O)n(C)c1Sc1cc(Cl)cc(Cl)c1. The van der Waals surface area contributed by atoms with Crippen LogP contribution in [0.1, 0.15) is 37.7 Å². The molecule has 0 radical (unpaired) electrons. The largest absolute Gasteiger partial charge is 0.450 e. The highest BCUT2D eigenvalue weighted by molar-refractivity contribution is 7.99. The van der Waals surface area contributed by atoms with Crippen LogP contribution in [0.3, 0.4) is 0 Å². The fourth-order valence-corrected chi connectivity index (χ4v) is 4.25. The van der Waals surface area contributed by atoms with Crippen LogP contribution in [0.25, 0.3) is 0 Å². The third-order valence-electron chi connectivity index (χ3n) is 3.55. The minimum atomic E-state index is -0.753. The van der Waals surface area contributed by atoms with Crippen molar-refractivity contribution in [2.45, 2.75) is 42.5 Å². The Morgan fingerprint density at radius 1 is 1.32 bits per heavy atom. The number of halogens is 2. The van der Waals surface area contributed by atoms with E-state index in [2.05, 4.69) is 18.4 Å². The summed E-state index contributed by atoms with van der Waals surface area (Å²) in [6.07, 6.45) is 0.607. The minimum absolute atomic E-state index is 0.277. The summed E-state index contributed by atoms with van der Waals surface area (Å²) in [4.78, 5) is 16.4. The second-order valence-electron chi connectivity index (χ2n) is 5.91. The molecule has 0 unspecified atom stereocenters. The Balaban J connectivity index is 2.22. The van der Waals surface area contributed by atoms with Crippen molar-refractivity contribution in [2.24, 2.45) is 12.8 Å². The molecule has 1 amide bonds. The second kappa shape index (κ2) is 8.83. The van der Waals surface area contributed by atoms with Crippen molar-refractivity contribution in [2.75, 3.05) is 6.61 Å². The number of amides is 1. The molecule has 0 saturated carbocycles. The van der Waals surface area contributed by atoms with Crippen molar-refractivity contribution in [1.29, 1.82) is 0 Å². The molecule has 25 heavy (non-hydrogen) atoms. The van der Waals surface area contributed by atoms with Gasteiger partial charge in [0.15, 0.2) is 0 Å². The number of aromatic nitrogens is 2. The molecule has 0 bridgehead atoms. The predicted octanol–water partition coefficient (Wildman–Crippen LogP) is 5.03. The molecule has 0 aliphatic carbocycles. The number of nitrogens with zero attached hydrogens (tertiary/aromatic N) is 2. The number of nitrogens with two attached hydrogens (primary N) is 1. The van der Waals surface area contributed by atoms with Gasteiger partial charge in [0.25, 0.3) is 0 Å². The fourth-order valence-electron chi connectivity index (χ4n) is 2.37. The maximum Gasteiger partial charge on any atom is 0.404 e. The Morgan fingerprint density at radius 3 is 2.52 bits per heavy atom. The smallest absolute Gasteiger partial charge is 0.404 e. The van der Waals surface area contributed by atoms with Crippen molar-refractivity contribution >= 4 is 41.1 Å². The summed E-state index contributed by atoms with van der Waals surface area (Å²) < 4.78 is 6.85. The van der Waals surface area contributed by atoms with Crippen LogP contribution in [-0.4, -0.2) is 22.3 Å². The number of aryl methyl sites for hydroxylation is 1. The number of ether oxygens (including phenoxy) is 1. The number of hydrogen-bond acceptors (Lipinski definition) is 4. The zero-order valence-corrected chi connectivity index (χ0v) is 16.7. The second-order valence-corrected chi connectivity index (χ2v) is 7.85. The van der Waals surface area contributed by atoms with E-state index in [4.69, 9.17) is 38.7 Å². The molecule has 2 N–H and O–H groups in total. The van der Waals surface area contributed by atoms with E-state index in [-0.39, 0.29) is 12.5 Å². The zero-order valence-electron chi connectivity index (χ0n) is 14.4. The van der Waals surface area contributed by atoms with Crippen LogP contribution in [0.15, 0.2) is 28.1 Å². The average molecular weight is 402 g/mol. The van der Waals surface area contributed by atoms with Crippen LogP contribution in [0, 0.1) is 0 Å². The first kappa shape index (κ1) is 19.9. The quantitative estimate of drug-likeness (QED) is 0.660. The van der Waals surface area contributed by atoms with Gasteiger partial charge >= 0.3 is 6.09 Å². The summed E-state index contributed by atoms with van der Waals surface area (Å²) >= 11 is 13.8. The van der Waals surface area contributed by atoms with E-state index in [0.29, 0.717) is 22.9 Å². The maximum absolute atomic E-state index is 10.6. The number of primary amides is 1. The summed E-state index contributed by atoms with van der Waals surface area (Å²) in [5, 5.41) is 2.26. The predicted molar refractivity (Wildman–Crippen MR) is 102 cm³/mol. The molecule has 0 aliphatic heterocycles. The van der Waals surface area contributed by atoms with Crippen LogP contribution in [0.4, 0.5) is 4.79 Å². The van der Waals surface area contributed by atoms with E-state index in [0.717, 1.165) is 21.4 Å². The van der Waals surface area contributed by atoms with Crippen molar-refractivity contribution in [3.63, 3.8) is 0 Å². The summed E-state index contributed by atoms with van der Waals surface area (Å²) in [6.45, 7) is 4.50. The molecule has 0 saturated heterocycles. The van der Waals surface area contributed by atoms with E-state index < -0.39 is 6.09 Å². The third-order valence-corrected chi connectivity index (χ3v) is 5.13. The number of imidazole rings is 1. The van der Waals surface area contributed by atoms with E-state index in [1.165, 1.54) is 0 Å². The van der Waals surface area contributed by atoms with Gasteiger partial charge in [-0.2, -0.15) is 0 Å². The lowest BCUT2D eigenvalue weighted by molar-refractivity contribution is 0.155. The summed E-state index contributed by atoms with van der Waals surface area (Å²) in [6, 6.07) is 5.48. The molecule has 0 aliphatic rings. The summed E-state index contributed by atoms with van der Waals surface area (Å²) in [5.74, 6) is 1.21. The summed E-state index contributed by atoms with van der Waals surface area (Å²) in [7, 11) is 1.98. The first-order valence-corrected chi connectivity index (χ1v) is 9.46. The number of carbonyl (C=O) groups excluding carboxylic acids is 1. The number of rotatable bonds is 7. The Bertz CT molecular complexity index is 742. The van der Waals surface area contributed by atoms with Gasteiger partial charge in [-0.05, 0) is 30.5 Å². The standard InChI is InChI=1S/C17H21Cl2N3O2S/c1-10(2)15-16(25-13-8-11(18)7-12(19)9-13)22(3)14(21-15)5-4-6-24-17(20)23/h7-10H,4-6H2,1-3H3,(H2,20,23). The highest BCUT2D eigenvalue weighted by Gasteiger charge is 2.18. The van der Waals surface area contributed by atoms with Crippen molar-refractivity contribution < 1.29 is 9.53 Å². The lowest BCUT2D eigenvalue weighted by Crippen LogP contribution is -2.14. The topological polar surface area (TPSA) is 70.1 Å². The van der Waals surface area contributed by atoms with Gasteiger partial charge in [-0.15, -0.1) is 0 Å². The molecule has 0 atom stereocenters. The van der Waals surface area contributed by atoms with Gasteiger partial charge in [0.2, 0.25) is 0 Å². The molecule has 0 spiro atoms. The normalized spacial score (nSPS) is 11.1. The summed E-state index contributed by atoms with van der Waals surface area (Å²) in [5.41, 5.74) is 6.00. The maximum atomic E-state index is 10.6. The lowest BCUT2D eigenvalue weighted by Gasteiger charge is -2.09. The zero-order chi connectivity index (χ0) is 18.6. The van der Waals surface area contributed by atoms with E-state index >= 15 is 0 Å². The Kier molecular flexibility index (Phi) is 7.04. The monoisotopic (exact) mass is 401 g/mol. The van der Waals surface area contributed by atoms with Gasteiger partial charge < -0.3 is 15.0 Å². The van der Waals surface area contributed by atoms with Crippen LogP contribution >= 0.6 is 35.0 Å². The third kappa shape index (κ3) is 5.56. The molecular formula is C17H21Cl2N3O2S. The molecule has 5 nitrogen and oxygen atoms in total. The van der Waals surface area contributed by atoms with Crippen LogP contribution < -0.4 is 5.73 Å². The molecule has 8 heteroatoms. The molecular weight excluding hydrogens is 381 g/mol. The Morgan fingerprint density at radius 2 is 1.96 bits per heavy atom. The van der Waals surface area contributed by atoms with Crippen LogP contribution in [0.2, 0.25) is 10.0 Å². The van der Waals surface area contributed by atoms with E-state index in [9.17, 15) is 4.79 Å². The molecule has 1 aromatic carbocycles. The van der Waals surface area contributed by atoms with Crippen molar-refractivity contribution in [3.8, 4) is 0 Å². The first-order valence-electron chi connectivity index (χ1n) is 7.89.